The smallest absolute Gasteiger partial charge is 0.475 e. The van der Waals surface area contributed by atoms with Crippen molar-refractivity contribution in [1.29, 1.82) is 5.41 Å². The van der Waals surface area contributed by atoms with Crippen LogP contribution in [0.15, 0.2) is 0 Å². The highest BCUT2D eigenvalue weighted by molar-refractivity contribution is 5.73. The fourth-order valence-electron chi connectivity index (χ4n) is 0. The van der Waals surface area contributed by atoms with E-state index >= 15 is 0 Å². The number of aliphatic carboxylic acids is 1. The quantitative estimate of drug-likeness (QED) is 0.402. The van der Waals surface area contributed by atoms with E-state index in [1.807, 2.05) is 0 Å². The Bertz CT molecular complexity index is 177. The van der Waals surface area contributed by atoms with Gasteiger partial charge in [0.05, 0.1) is 0 Å². The second-order valence-electron chi connectivity index (χ2n) is 2.26. The largest absolute Gasteiger partial charge is 0.490 e. The number of nitrogens with one attached hydrogen (secondary N) is 1. The topological polar surface area (TPSA) is 113 Å². The first kappa shape index (κ1) is 19.2. The van der Waals surface area contributed by atoms with Gasteiger partial charge < -0.3 is 16.6 Å². The van der Waals surface area contributed by atoms with Gasteiger partial charge in [0, 0.05) is 0 Å². The summed E-state index contributed by atoms with van der Waals surface area (Å²) in [6, 6.07) is 0. The molecule has 0 saturated heterocycles. The van der Waals surface area contributed by atoms with Crippen molar-refractivity contribution in [3.05, 3.63) is 0 Å². The van der Waals surface area contributed by atoms with E-state index in [1.54, 1.807) is 0 Å². The molecule has 0 unspecified atom stereocenters. The van der Waals surface area contributed by atoms with E-state index in [9.17, 15) is 13.2 Å². The third-order valence-electron chi connectivity index (χ3n) is 0.743. The van der Waals surface area contributed by atoms with E-state index in [4.69, 9.17) is 15.3 Å². The van der Waals surface area contributed by atoms with Crippen LogP contribution in [0.1, 0.15) is 26.7 Å². The molecule has 0 aromatic carbocycles. The Hall–Kier alpha value is -1.47. The molecule has 0 aliphatic heterocycles. The van der Waals surface area contributed by atoms with Gasteiger partial charge in [-0.2, -0.15) is 13.2 Å². The second kappa shape index (κ2) is 10.6. The number of rotatable bonds is 1. The zero-order valence-corrected chi connectivity index (χ0v) is 8.56. The molecule has 0 spiro atoms. The van der Waals surface area contributed by atoms with Gasteiger partial charge in [-0.3, -0.25) is 5.41 Å². The fraction of sp³-hybridized carbons (Fsp3) is 0.714. The van der Waals surface area contributed by atoms with Crippen molar-refractivity contribution in [2.45, 2.75) is 32.9 Å². The summed E-state index contributed by atoms with van der Waals surface area (Å²) in [5.41, 5.74) is 8.94. The molecule has 0 heterocycles. The number of halogens is 3. The Kier molecular flexibility index (Phi) is 13.6. The number of unbranched alkanes of at least 4 members (excludes halogenated alkanes) is 1. The third-order valence-corrected chi connectivity index (χ3v) is 0.743. The number of alkyl halides is 3. The van der Waals surface area contributed by atoms with Crippen LogP contribution in [-0.2, 0) is 4.79 Å². The summed E-state index contributed by atoms with van der Waals surface area (Å²) in [7, 11) is 0. The van der Waals surface area contributed by atoms with Gasteiger partial charge in [0.15, 0.2) is 5.96 Å². The van der Waals surface area contributed by atoms with Crippen molar-refractivity contribution >= 4 is 11.9 Å². The van der Waals surface area contributed by atoms with Crippen LogP contribution in [0.2, 0.25) is 0 Å². The van der Waals surface area contributed by atoms with Crippen LogP contribution in [0.5, 0.6) is 0 Å². The van der Waals surface area contributed by atoms with Gasteiger partial charge >= 0.3 is 12.1 Å². The van der Waals surface area contributed by atoms with E-state index in [-0.39, 0.29) is 5.96 Å². The van der Waals surface area contributed by atoms with Crippen LogP contribution in [0.4, 0.5) is 13.2 Å². The maximum atomic E-state index is 10.6. The van der Waals surface area contributed by atoms with Crippen LogP contribution in [-0.4, -0.2) is 23.2 Å². The lowest BCUT2D eigenvalue weighted by Gasteiger charge is -1.93. The molecule has 6 N–H and O–H groups in total. The SMILES string of the molecule is CCCC.N=C(N)N.O=C(O)C(F)(F)F. The molecule has 15 heavy (non-hydrogen) atoms. The molecule has 0 aliphatic carbocycles. The first-order chi connectivity index (χ1) is 6.59. The van der Waals surface area contributed by atoms with Crippen molar-refractivity contribution in [2.75, 3.05) is 0 Å². The summed E-state index contributed by atoms with van der Waals surface area (Å²) in [6.07, 6.45) is -2.44. The van der Waals surface area contributed by atoms with E-state index in [0.29, 0.717) is 0 Å². The van der Waals surface area contributed by atoms with Crippen LogP contribution in [0.3, 0.4) is 0 Å². The van der Waals surface area contributed by atoms with Crippen molar-refractivity contribution in [3.8, 4) is 0 Å². The highest BCUT2D eigenvalue weighted by Gasteiger charge is 2.38. The van der Waals surface area contributed by atoms with Crippen LogP contribution >= 0.6 is 0 Å². The Morgan fingerprint density at radius 2 is 1.40 bits per heavy atom. The normalized spacial score (nSPS) is 8.87. The first-order valence-corrected chi connectivity index (χ1v) is 3.99. The molecule has 0 bridgehead atoms. The molecular weight excluding hydrogens is 215 g/mol. The van der Waals surface area contributed by atoms with Gasteiger partial charge in [-0.05, 0) is 0 Å². The predicted octanol–water partition coefficient (Wildman–Crippen LogP) is 1.28. The summed E-state index contributed by atoms with van der Waals surface area (Å²) in [5, 5.41) is 13.2. The van der Waals surface area contributed by atoms with Gasteiger partial charge in [-0.1, -0.05) is 26.7 Å². The van der Waals surface area contributed by atoms with Crippen molar-refractivity contribution < 1.29 is 23.1 Å². The van der Waals surface area contributed by atoms with Gasteiger partial charge in [0.1, 0.15) is 0 Å². The molecule has 5 nitrogen and oxygen atoms in total. The molecule has 0 atom stereocenters. The number of carboxylic acid groups (broad SMARTS) is 1. The highest BCUT2D eigenvalue weighted by Crippen LogP contribution is 2.13. The average Bonchev–Trinajstić information content (AvgIpc) is 2.02. The average molecular weight is 231 g/mol. The summed E-state index contributed by atoms with van der Waals surface area (Å²) < 4.78 is 31.7. The minimum atomic E-state index is -5.08. The third kappa shape index (κ3) is 45.4. The number of hydrogen-bond donors (Lipinski definition) is 4. The highest BCUT2D eigenvalue weighted by atomic mass is 19.4. The minimum absolute atomic E-state index is 0.333. The molecule has 0 amide bonds. The Labute approximate surface area is 85.8 Å². The second-order valence-corrected chi connectivity index (χ2v) is 2.26. The zero-order valence-electron chi connectivity index (χ0n) is 8.56. The Morgan fingerprint density at radius 3 is 1.40 bits per heavy atom. The monoisotopic (exact) mass is 231 g/mol. The van der Waals surface area contributed by atoms with Gasteiger partial charge in [0.25, 0.3) is 0 Å². The standard InChI is InChI=1S/C4H10.C2HF3O2.CH5N3/c1-3-4-2;3-2(4,5)1(6)7;2-1(3)4/h3-4H2,1-2H3;(H,6,7);(H5,2,3,4). The Balaban J connectivity index is -0.000000155. The van der Waals surface area contributed by atoms with E-state index in [0.717, 1.165) is 0 Å². The summed E-state index contributed by atoms with van der Waals surface area (Å²) in [6.45, 7) is 4.36. The summed E-state index contributed by atoms with van der Waals surface area (Å²) in [5.74, 6) is -3.09. The number of nitrogens with two attached hydrogens (primary N) is 2. The first-order valence-electron chi connectivity index (χ1n) is 3.99. The molecular formula is C7H16F3N3O2. The molecule has 0 rings (SSSR count). The molecule has 0 radical (unpaired) electrons. The molecule has 0 aromatic rings. The van der Waals surface area contributed by atoms with Crippen LogP contribution in [0, 0.1) is 5.41 Å². The van der Waals surface area contributed by atoms with Crippen molar-refractivity contribution in [3.63, 3.8) is 0 Å². The molecule has 8 heteroatoms. The lowest BCUT2D eigenvalue weighted by Crippen LogP contribution is -2.21. The van der Waals surface area contributed by atoms with Crippen molar-refractivity contribution in [1.82, 2.24) is 0 Å². The fourth-order valence-corrected chi connectivity index (χ4v) is 0. The van der Waals surface area contributed by atoms with Crippen LogP contribution < -0.4 is 11.5 Å². The molecule has 0 aromatic heterocycles. The molecule has 0 aliphatic rings. The van der Waals surface area contributed by atoms with Gasteiger partial charge in [0.2, 0.25) is 0 Å². The lowest BCUT2D eigenvalue weighted by molar-refractivity contribution is -0.192. The van der Waals surface area contributed by atoms with E-state index in [1.165, 1.54) is 12.8 Å². The molecule has 92 valence electrons. The summed E-state index contributed by atoms with van der Waals surface area (Å²) >= 11 is 0. The minimum Gasteiger partial charge on any atom is -0.475 e. The van der Waals surface area contributed by atoms with Crippen LogP contribution in [0.25, 0.3) is 0 Å². The number of guanidine groups is 1. The Morgan fingerprint density at radius 1 is 1.27 bits per heavy atom. The zero-order chi connectivity index (χ0) is 13.1. The predicted molar refractivity (Wildman–Crippen MR) is 50.4 cm³/mol. The maximum absolute atomic E-state index is 10.6. The van der Waals surface area contributed by atoms with E-state index < -0.39 is 12.1 Å². The number of carboxylic acids is 1. The van der Waals surface area contributed by atoms with E-state index in [2.05, 4.69) is 25.3 Å². The number of hydrogen-bond acceptors (Lipinski definition) is 2. The maximum Gasteiger partial charge on any atom is 0.490 e. The lowest BCUT2D eigenvalue weighted by atomic mass is 10.4. The van der Waals surface area contributed by atoms with Gasteiger partial charge in [-0.15, -0.1) is 0 Å². The number of carbonyl (C=O) groups is 1. The summed E-state index contributed by atoms with van der Waals surface area (Å²) in [4.78, 5) is 8.90. The van der Waals surface area contributed by atoms with Crippen molar-refractivity contribution in [2.24, 2.45) is 11.5 Å². The molecule has 0 fully saturated rings. The van der Waals surface area contributed by atoms with Gasteiger partial charge in [-0.25, -0.2) is 4.79 Å². The molecule has 0 saturated carbocycles.